The molecule has 0 saturated heterocycles. The van der Waals surface area contributed by atoms with E-state index >= 15 is 0 Å². The Morgan fingerprint density at radius 2 is 1.48 bits per heavy atom. The molecule has 29 heavy (non-hydrogen) atoms. The fourth-order valence-corrected chi connectivity index (χ4v) is 3.81. The van der Waals surface area contributed by atoms with E-state index in [-0.39, 0.29) is 11.8 Å². The number of methoxy groups -OCH3 is 1. The van der Waals surface area contributed by atoms with Gasteiger partial charge in [-0.05, 0) is 55.8 Å². The molecule has 6 nitrogen and oxygen atoms in total. The maximum absolute atomic E-state index is 12.9. The smallest absolute Gasteiger partial charge is 0.337 e. The molecule has 1 aromatic heterocycles. The molecule has 3 aromatic rings. The highest BCUT2D eigenvalue weighted by molar-refractivity contribution is 7.16. The number of anilines is 2. The van der Waals surface area contributed by atoms with Gasteiger partial charge in [0.2, 0.25) is 0 Å². The minimum atomic E-state index is -0.446. The van der Waals surface area contributed by atoms with Crippen molar-refractivity contribution in [2.75, 3.05) is 17.7 Å². The molecule has 0 bridgehead atoms. The molecule has 1 heterocycles. The van der Waals surface area contributed by atoms with Gasteiger partial charge in [-0.3, -0.25) is 9.59 Å². The number of nitrogens with one attached hydrogen (secondary N) is 2. The lowest BCUT2D eigenvalue weighted by Crippen LogP contribution is -2.17. The van der Waals surface area contributed by atoms with Crippen LogP contribution in [0.15, 0.2) is 54.6 Å². The van der Waals surface area contributed by atoms with Crippen molar-refractivity contribution in [1.29, 1.82) is 0 Å². The van der Waals surface area contributed by atoms with E-state index < -0.39 is 5.97 Å². The highest BCUT2D eigenvalue weighted by Gasteiger charge is 2.21. The molecule has 0 aliphatic heterocycles. The Labute approximate surface area is 172 Å². The summed E-state index contributed by atoms with van der Waals surface area (Å²) in [7, 11) is 1.31. The molecule has 0 aliphatic rings. The van der Waals surface area contributed by atoms with Gasteiger partial charge in [0.25, 0.3) is 11.8 Å². The Morgan fingerprint density at radius 3 is 2.10 bits per heavy atom. The van der Waals surface area contributed by atoms with E-state index in [0.717, 1.165) is 10.4 Å². The first-order chi connectivity index (χ1) is 13.9. The van der Waals surface area contributed by atoms with Gasteiger partial charge in [0.15, 0.2) is 0 Å². The first-order valence-electron chi connectivity index (χ1n) is 8.87. The van der Waals surface area contributed by atoms with Gasteiger partial charge >= 0.3 is 5.97 Å². The molecule has 0 fully saturated rings. The number of aryl methyl sites for hydroxylation is 1. The maximum atomic E-state index is 12.9. The quantitative estimate of drug-likeness (QED) is 0.602. The molecule has 0 saturated carbocycles. The van der Waals surface area contributed by atoms with Crippen LogP contribution in [0.2, 0.25) is 0 Å². The standard InChI is InChI=1S/C22H20N2O4S/c1-13-14(2)29-21(24-19(25)15-7-5-4-6-8-15)18(13)20(26)23-17-11-9-16(10-12-17)22(27)28-3/h4-12H,1-3H3,(H,23,26)(H,24,25). The number of carbonyl (C=O) groups is 3. The average molecular weight is 408 g/mol. The van der Waals surface area contributed by atoms with E-state index in [1.54, 1.807) is 48.5 Å². The maximum Gasteiger partial charge on any atom is 0.337 e. The lowest BCUT2D eigenvalue weighted by molar-refractivity contribution is 0.0600. The van der Waals surface area contributed by atoms with E-state index in [0.29, 0.717) is 27.4 Å². The van der Waals surface area contributed by atoms with Crippen LogP contribution in [0.3, 0.4) is 0 Å². The number of hydrogen-bond donors (Lipinski definition) is 2. The predicted octanol–water partition coefficient (Wildman–Crippen LogP) is 4.66. The second-order valence-electron chi connectivity index (χ2n) is 6.33. The summed E-state index contributed by atoms with van der Waals surface area (Å²) in [6.07, 6.45) is 0. The van der Waals surface area contributed by atoms with Crippen molar-refractivity contribution in [1.82, 2.24) is 0 Å². The Kier molecular flexibility index (Phi) is 6.09. The summed E-state index contributed by atoms with van der Waals surface area (Å²) in [5, 5.41) is 6.16. The van der Waals surface area contributed by atoms with Crippen LogP contribution in [-0.4, -0.2) is 24.9 Å². The zero-order valence-electron chi connectivity index (χ0n) is 16.2. The van der Waals surface area contributed by atoms with Crippen molar-refractivity contribution in [2.24, 2.45) is 0 Å². The van der Waals surface area contributed by atoms with Crippen LogP contribution < -0.4 is 10.6 Å². The summed E-state index contributed by atoms with van der Waals surface area (Å²) in [6.45, 7) is 3.75. The van der Waals surface area contributed by atoms with Crippen molar-refractivity contribution in [3.8, 4) is 0 Å². The zero-order valence-corrected chi connectivity index (χ0v) is 17.1. The molecule has 2 N–H and O–H groups in total. The Balaban J connectivity index is 1.82. The fraction of sp³-hybridized carbons (Fsp3) is 0.136. The Bertz CT molecular complexity index is 1060. The molecule has 7 heteroatoms. The van der Waals surface area contributed by atoms with Gasteiger partial charge < -0.3 is 15.4 Å². The Morgan fingerprint density at radius 1 is 0.828 bits per heavy atom. The molecule has 2 aromatic carbocycles. The summed E-state index contributed by atoms with van der Waals surface area (Å²) >= 11 is 1.36. The molecular weight excluding hydrogens is 388 g/mol. The van der Waals surface area contributed by atoms with Crippen LogP contribution >= 0.6 is 11.3 Å². The number of thiophene rings is 1. The first-order valence-corrected chi connectivity index (χ1v) is 9.68. The summed E-state index contributed by atoms with van der Waals surface area (Å²) in [5.74, 6) is -1.05. The summed E-state index contributed by atoms with van der Waals surface area (Å²) < 4.78 is 4.67. The number of benzene rings is 2. The molecule has 0 unspecified atom stereocenters. The Hall–Kier alpha value is -3.45. The van der Waals surface area contributed by atoms with Crippen molar-refractivity contribution < 1.29 is 19.1 Å². The van der Waals surface area contributed by atoms with Crippen LogP contribution in [0.25, 0.3) is 0 Å². The normalized spacial score (nSPS) is 10.3. The van der Waals surface area contributed by atoms with Crippen LogP contribution in [0.1, 0.15) is 41.5 Å². The second kappa shape index (κ2) is 8.70. The van der Waals surface area contributed by atoms with Crippen LogP contribution in [0.4, 0.5) is 10.7 Å². The van der Waals surface area contributed by atoms with Crippen LogP contribution in [0.5, 0.6) is 0 Å². The fourth-order valence-electron chi connectivity index (χ4n) is 2.75. The zero-order chi connectivity index (χ0) is 21.0. The van der Waals surface area contributed by atoms with Gasteiger partial charge in [-0.15, -0.1) is 11.3 Å². The number of ether oxygens (including phenoxy) is 1. The molecule has 3 rings (SSSR count). The van der Waals surface area contributed by atoms with Crippen molar-refractivity contribution in [2.45, 2.75) is 13.8 Å². The summed E-state index contributed by atoms with van der Waals surface area (Å²) in [4.78, 5) is 37.9. The summed E-state index contributed by atoms with van der Waals surface area (Å²) in [6, 6.07) is 15.2. The van der Waals surface area contributed by atoms with E-state index in [1.165, 1.54) is 18.4 Å². The van der Waals surface area contributed by atoms with E-state index in [2.05, 4.69) is 15.4 Å². The largest absolute Gasteiger partial charge is 0.465 e. The van der Waals surface area contributed by atoms with Crippen LogP contribution in [0, 0.1) is 13.8 Å². The van der Waals surface area contributed by atoms with E-state index in [9.17, 15) is 14.4 Å². The van der Waals surface area contributed by atoms with Crippen LogP contribution in [-0.2, 0) is 4.74 Å². The van der Waals surface area contributed by atoms with Gasteiger partial charge in [0, 0.05) is 16.1 Å². The minimum absolute atomic E-state index is 0.275. The molecule has 148 valence electrons. The molecule has 0 radical (unpaired) electrons. The van der Waals surface area contributed by atoms with Gasteiger partial charge in [-0.2, -0.15) is 0 Å². The second-order valence-corrected chi connectivity index (χ2v) is 7.56. The predicted molar refractivity (Wildman–Crippen MR) is 114 cm³/mol. The molecular formula is C22H20N2O4S. The van der Waals surface area contributed by atoms with Gasteiger partial charge in [0.1, 0.15) is 5.00 Å². The number of amides is 2. The van der Waals surface area contributed by atoms with Crippen molar-refractivity contribution in [3.05, 3.63) is 81.7 Å². The average Bonchev–Trinajstić information content (AvgIpc) is 3.01. The highest BCUT2D eigenvalue weighted by atomic mass is 32.1. The number of rotatable bonds is 5. The topological polar surface area (TPSA) is 84.5 Å². The lowest BCUT2D eigenvalue weighted by atomic mass is 10.1. The SMILES string of the molecule is COC(=O)c1ccc(NC(=O)c2c(NC(=O)c3ccccc3)sc(C)c2C)cc1. The lowest BCUT2D eigenvalue weighted by Gasteiger charge is -2.09. The number of carbonyl (C=O) groups excluding carboxylic acids is 3. The summed E-state index contributed by atoms with van der Waals surface area (Å²) in [5.41, 5.74) is 2.67. The third kappa shape index (κ3) is 4.52. The van der Waals surface area contributed by atoms with Gasteiger partial charge in [-0.1, -0.05) is 18.2 Å². The number of hydrogen-bond acceptors (Lipinski definition) is 5. The molecule has 0 atom stereocenters. The highest BCUT2D eigenvalue weighted by Crippen LogP contribution is 2.33. The van der Waals surface area contributed by atoms with E-state index in [4.69, 9.17) is 0 Å². The first kappa shape index (κ1) is 20.3. The molecule has 0 aliphatic carbocycles. The van der Waals surface area contributed by atoms with E-state index in [1.807, 2.05) is 19.9 Å². The third-order valence-corrected chi connectivity index (χ3v) is 5.56. The number of esters is 1. The third-order valence-electron chi connectivity index (χ3n) is 4.44. The minimum Gasteiger partial charge on any atom is -0.465 e. The monoisotopic (exact) mass is 408 g/mol. The van der Waals surface area contributed by atoms with Gasteiger partial charge in [0.05, 0.1) is 18.2 Å². The van der Waals surface area contributed by atoms with Gasteiger partial charge in [-0.25, -0.2) is 4.79 Å². The molecule has 0 spiro atoms. The van der Waals surface area contributed by atoms with Crippen molar-refractivity contribution >= 4 is 39.8 Å². The van der Waals surface area contributed by atoms with Crippen molar-refractivity contribution in [3.63, 3.8) is 0 Å². The molecule has 2 amide bonds.